The molecular formula is C20H14N6S2. The molecule has 0 fully saturated rings. The monoisotopic (exact) mass is 402 g/mol. The minimum absolute atomic E-state index is 0.779. The van der Waals surface area contributed by atoms with Gasteiger partial charge in [-0.3, -0.25) is 4.40 Å². The molecule has 0 amide bonds. The van der Waals surface area contributed by atoms with Crippen molar-refractivity contribution in [3.05, 3.63) is 59.1 Å². The predicted molar refractivity (Wildman–Crippen MR) is 113 cm³/mol. The van der Waals surface area contributed by atoms with Gasteiger partial charge in [0.1, 0.15) is 5.65 Å². The van der Waals surface area contributed by atoms with Gasteiger partial charge in [-0.1, -0.05) is 29.5 Å². The highest BCUT2D eigenvalue weighted by atomic mass is 32.1. The first-order valence-corrected chi connectivity index (χ1v) is 10.5. The molecule has 0 radical (unpaired) electrons. The van der Waals surface area contributed by atoms with E-state index in [1.165, 1.54) is 0 Å². The smallest absolute Gasteiger partial charge is 0.235 e. The first kappa shape index (κ1) is 15.9. The first-order chi connectivity index (χ1) is 13.7. The second-order valence-corrected chi connectivity index (χ2v) is 8.61. The van der Waals surface area contributed by atoms with Gasteiger partial charge in [-0.05, 0) is 49.1 Å². The number of hydrogen-bond acceptors (Lipinski definition) is 6. The fourth-order valence-electron chi connectivity index (χ4n) is 3.72. The fraction of sp³-hybridized carbons (Fsp3) is 0.100. The van der Waals surface area contributed by atoms with Gasteiger partial charge in [-0.15, -0.1) is 21.5 Å². The lowest BCUT2D eigenvalue weighted by molar-refractivity contribution is 0.972. The van der Waals surface area contributed by atoms with Crippen molar-refractivity contribution in [2.24, 2.45) is 0 Å². The largest absolute Gasteiger partial charge is 0.296 e. The predicted octanol–water partition coefficient (Wildman–Crippen LogP) is 5.00. The van der Waals surface area contributed by atoms with Crippen LogP contribution in [0.4, 0.5) is 0 Å². The summed E-state index contributed by atoms with van der Waals surface area (Å²) in [6.45, 7) is 4.23. The molecule has 6 aromatic rings. The third kappa shape index (κ3) is 2.12. The van der Waals surface area contributed by atoms with Crippen LogP contribution in [0.5, 0.6) is 0 Å². The van der Waals surface area contributed by atoms with E-state index in [2.05, 4.69) is 40.6 Å². The van der Waals surface area contributed by atoms with Crippen LogP contribution in [0.2, 0.25) is 0 Å². The summed E-state index contributed by atoms with van der Waals surface area (Å²) < 4.78 is 4.05. The molecule has 0 aliphatic carbocycles. The zero-order valence-corrected chi connectivity index (χ0v) is 16.8. The zero-order chi connectivity index (χ0) is 18.8. The summed E-state index contributed by atoms with van der Waals surface area (Å²) in [5, 5.41) is 16.5. The van der Waals surface area contributed by atoms with Crippen LogP contribution in [0.1, 0.15) is 11.3 Å². The van der Waals surface area contributed by atoms with Crippen molar-refractivity contribution in [1.29, 1.82) is 0 Å². The highest BCUT2D eigenvalue weighted by molar-refractivity contribution is 7.20. The number of imidazole rings is 1. The molecule has 0 N–H and O–H groups in total. The molecule has 6 nitrogen and oxygen atoms in total. The number of nitrogens with zero attached hydrogens (tertiary/aromatic N) is 6. The quantitative estimate of drug-likeness (QED) is 0.409. The molecule has 6 rings (SSSR count). The van der Waals surface area contributed by atoms with Crippen LogP contribution >= 0.6 is 22.7 Å². The van der Waals surface area contributed by atoms with E-state index in [4.69, 9.17) is 10.1 Å². The summed E-state index contributed by atoms with van der Waals surface area (Å²) in [6.07, 6.45) is 0. The number of benzene rings is 1. The number of fused-ring (bicyclic) bond motifs is 4. The van der Waals surface area contributed by atoms with Crippen LogP contribution in [0.3, 0.4) is 0 Å². The second-order valence-electron chi connectivity index (χ2n) is 6.71. The molecule has 0 bridgehead atoms. The number of aryl methyl sites for hydroxylation is 2. The molecule has 0 atom stereocenters. The van der Waals surface area contributed by atoms with Crippen molar-refractivity contribution in [2.45, 2.75) is 13.8 Å². The van der Waals surface area contributed by atoms with Crippen molar-refractivity contribution in [2.75, 3.05) is 0 Å². The van der Waals surface area contributed by atoms with Crippen LogP contribution in [0.15, 0.2) is 47.8 Å². The summed E-state index contributed by atoms with van der Waals surface area (Å²) in [7, 11) is 0. The molecule has 8 heteroatoms. The van der Waals surface area contributed by atoms with Gasteiger partial charge in [-0.25, -0.2) is 4.98 Å². The van der Waals surface area contributed by atoms with Gasteiger partial charge in [0.05, 0.1) is 21.5 Å². The molecule has 136 valence electrons. The minimum atomic E-state index is 0.779. The minimum Gasteiger partial charge on any atom is -0.296 e. The Labute approximate surface area is 167 Å². The third-order valence-corrected chi connectivity index (χ3v) is 6.69. The summed E-state index contributed by atoms with van der Waals surface area (Å²) in [5.41, 5.74) is 6.39. The van der Waals surface area contributed by atoms with Crippen molar-refractivity contribution in [3.63, 3.8) is 0 Å². The molecule has 0 aliphatic rings. The average Bonchev–Trinajstić information content (AvgIpc) is 3.44. The van der Waals surface area contributed by atoms with Gasteiger partial charge in [0.2, 0.25) is 4.96 Å². The van der Waals surface area contributed by atoms with Crippen LogP contribution in [-0.2, 0) is 0 Å². The Hall–Kier alpha value is -3.10. The number of hydrogen-bond donors (Lipinski definition) is 0. The van der Waals surface area contributed by atoms with Crippen molar-refractivity contribution < 1.29 is 0 Å². The average molecular weight is 403 g/mol. The topological polar surface area (TPSA) is 60.4 Å². The third-order valence-electron chi connectivity index (χ3n) is 4.90. The highest BCUT2D eigenvalue weighted by Crippen LogP contribution is 2.35. The molecule has 1 aromatic carbocycles. The lowest BCUT2D eigenvalue weighted by Gasteiger charge is -2.08. The van der Waals surface area contributed by atoms with E-state index >= 15 is 0 Å². The number of thiophene rings is 1. The van der Waals surface area contributed by atoms with Crippen molar-refractivity contribution in [3.8, 4) is 21.3 Å². The van der Waals surface area contributed by atoms with Gasteiger partial charge in [-0.2, -0.15) is 9.61 Å². The Morgan fingerprint density at radius 2 is 1.89 bits per heavy atom. The van der Waals surface area contributed by atoms with Crippen LogP contribution in [-0.4, -0.2) is 29.2 Å². The van der Waals surface area contributed by atoms with E-state index in [9.17, 15) is 0 Å². The van der Waals surface area contributed by atoms with Gasteiger partial charge in [0.15, 0.2) is 10.8 Å². The first-order valence-electron chi connectivity index (χ1n) is 8.84. The van der Waals surface area contributed by atoms with E-state index < -0.39 is 0 Å². The molecule has 0 saturated carbocycles. The maximum absolute atomic E-state index is 4.93. The lowest BCUT2D eigenvalue weighted by Crippen LogP contribution is -1.97. The van der Waals surface area contributed by atoms with E-state index in [-0.39, 0.29) is 0 Å². The fourth-order valence-corrected chi connectivity index (χ4v) is 5.36. The molecule has 5 aromatic heterocycles. The summed E-state index contributed by atoms with van der Waals surface area (Å²) in [4.78, 5) is 6.77. The molecule has 0 spiro atoms. The highest BCUT2D eigenvalue weighted by Gasteiger charge is 2.20. The van der Waals surface area contributed by atoms with E-state index in [0.717, 1.165) is 54.2 Å². The molecule has 0 unspecified atom stereocenters. The molecule has 0 saturated heterocycles. The maximum atomic E-state index is 4.93. The van der Waals surface area contributed by atoms with Crippen LogP contribution in [0.25, 0.3) is 42.9 Å². The van der Waals surface area contributed by atoms with Gasteiger partial charge >= 0.3 is 0 Å². The van der Waals surface area contributed by atoms with Crippen molar-refractivity contribution in [1.82, 2.24) is 29.2 Å². The second kappa shape index (κ2) is 5.70. The Bertz CT molecular complexity index is 1490. The molecule has 0 aliphatic heterocycles. The molecule has 28 heavy (non-hydrogen) atoms. The van der Waals surface area contributed by atoms with E-state index in [0.29, 0.717) is 0 Å². The maximum Gasteiger partial charge on any atom is 0.235 e. The Balaban J connectivity index is 1.67. The Morgan fingerprint density at radius 3 is 2.75 bits per heavy atom. The summed E-state index contributed by atoms with van der Waals surface area (Å²) >= 11 is 3.18. The Morgan fingerprint density at radius 1 is 1.00 bits per heavy atom. The van der Waals surface area contributed by atoms with Gasteiger partial charge in [0.25, 0.3) is 0 Å². The van der Waals surface area contributed by atoms with Gasteiger partial charge < -0.3 is 0 Å². The van der Waals surface area contributed by atoms with Crippen molar-refractivity contribution >= 4 is 44.3 Å². The zero-order valence-electron chi connectivity index (χ0n) is 15.1. The van der Waals surface area contributed by atoms with E-state index in [1.807, 2.05) is 40.2 Å². The normalized spacial score (nSPS) is 11.9. The molecule has 5 heterocycles. The van der Waals surface area contributed by atoms with Crippen LogP contribution < -0.4 is 0 Å². The van der Waals surface area contributed by atoms with E-state index in [1.54, 1.807) is 22.7 Å². The molecular weight excluding hydrogens is 388 g/mol. The van der Waals surface area contributed by atoms with Gasteiger partial charge in [0, 0.05) is 5.69 Å². The number of pyridine rings is 1. The SMILES string of the molecule is Cc1cc(C)n2c(nc3ccccc32)c1-c1nn2c(-c3cccs3)nnc2s1. The number of aromatic nitrogens is 6. The van der Waals surface area contributed by atoms with Crippen LogP contribution in [0, 0.1) is 13.8 Å². The standard InChI is InChI=1S/C20H14N6S2/c1-11-10-12(2)25-14-7-4-3-6-13(14)21-18(25)16(11)19-24-26-17(15-8-5-9-27-15)22-23-20(26)28-19/h3-10H,1-2H3. The number of para-hydroxylation sites is 2. The summed E-state index contributed by atoms with van der Waals surface area (Å²) in [5.74, 6) is 0.779. The Kier molecular flexibility index (Phi) is 3.24. The summed E-state index contributed by atoms with van der Waals surface area (Å²) in [6, 6.07) is 14.5. The lowest BCUT2D eigenvalue weighted by atomic mass is 10.1. The number of rotatable bonds is 2.